The molecule has 2 aromatic heterocycles. The fourth-order valence-corrected chi connectivity index (χ4v) is 2.62. The minimum absolute atomic E-state index is 0.640. The molecule has 8 heteroatoms. The van der Waals surface area contributed by atoms with Gasteiger partial charge in [-0.25, -0.2) is 4.98 Å². The number of hydrogen-bond acceptors (Lipinski definition) is 6. The SMILES string of the molecule is Cn1ccnc1SCCNc1nnnn1-c1ccccc1. The van der Waals surface area contributed by atoms with Gasteiger partial charge in [-0.05, 0) is 22.6 Å². The number of imidazole rings is 1. The first-order valence-corrected chi connectivity index (χ1v) is 7.51. The van der Waals surface area contributed by atoms with Gasteiger partial charge >= 0.3 is 0 Å². The van der Waals surface area contributed by atoms with Crippen LogP contribution in [0.5, 0.6) is 0 Å². The lowest BCUT2D eigenvalue weighted by atomic mass is 10.3. The van der Waals surface area contributed by atoms with Crippen LogP contribution in [0.3, 0.4) is 0 Å². The van der Waals surface area contributed by atoms with E-state index >= 15 is 0 Å². The Morgan fingerprint density at radius 1 is 1.24 bits per heavy atom. The second-order valence-electron chi connectivity index (χ2n) is 4.35. The van der Waals surface area contributed by atoms with Gasteiger partial charge < -0.3 is 9.88 Å². The molecule has 0 spiro atoms. The summed E-state index contributed by atoms with van der Waals surface area (Å²) in [5.74, 6) is 1.52. The third-order valence-corrected chi connectivity index (χ3v) is 3.92. The summed E-state index contributed by atoms with van der Waals surface area (Å²) >= 11 is 1.69. The molecule has 1 aromatic carbocycles. The van der Waals surface area contributed by atoms with E-state index in [4.69, 9.17) is 0 Å². The van der Waals surface area contributed by atoms with Gasteiger partial charge in [0.25, 0.3) is 0 Å². The van der Waals surface area contributed by atoms with Gasteiger partial charge in [0.2, 0.25) is 5.95 Å². The predicted molar refractivity (Wildman–Crippen MR) is 81.6 cm³/mol. The molecule has 2 heterocycles. The van der Waals surface area contributed by atoms with E-state index in [2.05, 4.69) is 25.8 Å². The Kier molecular flexibility index (Phi) is 4.15. The number of aryl methyl sites for hydroxylation is 1. The van der Waals surface area contributed by atoms with E-state index in [-0.39, 0.29) is 0 Å². The average Bonchev–Trinajstić information content (AvgIpc) is 3.14. The average molecular weight is 301 g/mol. The molecule has 0 atom stereocenters. The normalized spacial score (nSPS) is 10.7. The van der Waals surface area contributed by atoms with Gasteiger partial charge in [0.05, 0.1) is 5.69 Å². The van der Waals surface area contributed by atoms with Crippen molar-refractivity contribution in [3.05, 3.63) is 42.7 Å². The maximum Gasteiger partial charge on any atom is 0.247 e. The van der Waals surface area contributed by atoms with E-state index in [0.717, 1.165) is 23.1 Å². The molecule has 108 valence electrons. The maximum absolute atomic E-state index is 4.27. The van der Waals surface area contributed by atoms with Crippen molar-refractivity contribution in [2.24, 2.45) is 7.05 Å². The highest BCUT2D eigenvalue weighted by molar-refractivity contribution is 7.99. The molecule has 0 aliphatic carbocycles. The molecular weight excluding hydrogens is 286 g/mol. The van der Waals surface area contributed by atoms with Crippen LogP contribution in [0, 0.1) is 0 Å². The topological polar surface area (TPSA) is 73.5 Å². The number of benzene rings is 1. The van der Waals surface area contributed by atoms with Gasteiger partial charge in [0.15, 0.2) is 5.16 Å². The van der Waals surface area contributed by atoms with Crippen molar-refractivity contribution >= 4 is 17.7 Å². The molecule has 3 aromatic rings. The van der Waals surface area contributed by atoms with Crippen molar-refractivity contribution in [2.45, 2.75) is 5.16 Å². The molecule has 3 rings (SSSR count). The number of rotatable bonds is 6. The fourth-order valence-electron chi connectivity index (χ4n) is 1.84. The molecule has 0 aliphatic heterocycles. The van der Waals surface area contributed by atoms with Crippen molar-refractivity contribution < 1.29 is 0 Å². The molecule has 0 unspecified atom stereocenters. The van der Waals surface area contributed by atoms with Crippen molar-refractivity contribution in [3.63, 3.8) is 0 Å². The van der Waals surface area contributed by atoms with Crippen LogP contribution < -0.4 is 5.32 Å². The number of tetrazole rings is 1. The Morgan fingerprint density at radius 2 is 2.10 bits per heavy atom. The third-order valence-electron chi connectivity index (χ3n) is 2.86. The number of anilines is 1. The Morgan fingerprint density at radius 3 is 2.86 bits per heavy atom. The van der Waals surface area contributed by atoms with Gasteiger partial charge in [-0.1, -0.05) is 35.1 Å². The summed E-state index contributed by atoms with van der Waals surface area (Å²) in [6, 6.07) is 9.80. The molecule has 0 saturated carbocycles. The first-order chi connectivity index (χ1) is 10.3. The van der Waals surface area contributed by atoms with Crippen molar-refractivity contribution in [1.29, 1.82) is 0 Å². The summed E-state index contributed by atoms with van der Waals surface area (Å²) in [6.07, 6.45) is 3.73. The summed E-state index contributed by atoms with van der Waals surface area (Å²) < 4.78 is 3.68. The van der Waals surface area contributed by atoms with E-state index in [1.54, 1.807) is 22.6 Å². The summed E-state index contributed by atoms with van der Waals surface area (Å²) in [5, 5.41) is 16.0. The first kappa shape index (κ1) is 13.6. The molecule has 0 saturated heterocycles. The van der Waals surface area contributed by atoms with Gasteiger partial charge in [-0.3, -0.25) is 0 Å². The first-order valence-electron chi connectivity index (χ1n) is 6.52. The van der Waals surface area contributed by atoms with E-state index < -0.39 is 0 Å². The second-order valence-corrected chi connectivity index (χ2v) is 5.41. The van der Waals surface area contributed by atoms with Crippen LogP contribution in [-0.4, -0.2) is 42.1 Å². The number of hydrogen-bond donors (Lipinski definition) is 1. The zero-order chi connectivity index (χ0) is 14.5. The van der Waals surface area contributed by atoms with Crippen LogP contribution in [0.25, 0.3) is 5.69 Å². The van der Waals surface area contributed by atoms with Crippen molar-refractivity contribution in [1.82, 2.24) is 29.8 Å². The molecular formula is C13H15N7S. The standard InChI is InChI=1S/C13H15N7S/c1-19-9-7-15-13(19)21-10-8-14-12-16-17-18-20(12)11-5-3-2-4-6-11/h2-7,9H,8,10H2,1H3,(H,14,16,18). The number of para-hydroxylation sites is 1. The minimum Gasteiger partial charge on any atom is -0.352 e. The van der Waals surface area contributed by atoms with Gasteiger partial charge in [-0.2, -0.15) is 4.68 Å². The zero-order valence-corrected chi connectivity index (χ0v) is 12.4. The monoisotopic (exact) mass is 301 g/mol. The molecule has 0 aliphatic rings. The van der Waals surface area contributed by atoms with Crippen LogP contribution >= 0.6 is 11.8 Å². The molecule has 21 heavy (non-hydrogen) atoms. The molecule has 0 radical (unpaired) electrons. The largest absolute Gasteiger partial charge is 0.352 e. The minimum atomic E-state index is 0.640. The summed E-state index contributed by atoms with van der Waals surface area (Å²) in [5.41, 5.74) is 0.932. The quantitative estimate of drug-likeness (QED) is 0.551. The highest BCUT2D eigenvalue weighted by atomic mass is 32.2. The molecule has 0 amide bonds. The lowest BCUT2D eigenvalue weighted by Gasteiger charge is -2.06. The summed E-state index contributed by atoms with van der Waals surface area (Å²) in [6.45, 7) is 0.755. The van der Waals surface area contributed by atoms with Crippen LogP contribution in [-0.2, 0) is 7.05 Å². The highest BCUT2D eigenvalue weighted by Crippen LogP contribution is 2.14. The van der Waals surface area contributed by atoms with E-state index in [0.29, 0.717) is 5.95 Å². The van der Waals surface area contributed by atoms with E-state index in [1.165, 1.54) is 0 Å². The highest BCUT2D eigenvalue weighted by Gasteiger charge is 2.07. The predicted octanol–water partition coefficient (Wildman–Crippen LogP) is 1.60. The molecule has 0 fully saturated rings. The molecule has 0 bridgehead atoms. The Balaban J connectivity index is 1.57. The Hall–Kier alpha value is -2.35. The summed E-state index contributed by atoms with van der Waals surface area (Å²) in [4.78, 5) is 4.27. The number of nitrogens with one attached hydrogen (secondary N) is 1. The molecule has 1 N–H and O–H groups in total. The third kappa shape index (κ3) is 3.22. The van der Waals surface area contributed by atoms with Crippen LogP contribution in [0.15, 0.2) is 47.9 Å². The number of aromatic nitrogens is 6. The zero-order valence-electron chi connectivity index (χ0n) is 11.5. The van der Waals surface area contributed by atoms with Crippen molar-refractivity contribution in [2.75, 3.05) is 17.6 Å². The number of nitrogens with zero attached hydrogens (tertiary/aromatic N) is 6. The van der Waals surface area contributed by atoms with Crippen LogP contribution in [0.1, 0.15) is 0 Å². The smallest absolute Gasteiger partial charge is 0.247 e. The molecule has 7 nitrogen and oxygen atoms in total. The van der Waals surface area contributed by atoms with Crippen molar-refractivity contribution in [3.8, 4) is 5.69 Å². The van der Waals surface area contributed by atoms with Crippen LogP contribution in [0.2, 0.25) is 0 Å². The number of thioether (sulfide) groups is 1. The van der Waals surface area contributed by atoms with Crippen LogP contribution in [0.4, 0.5) is 5.95 Å². The Bertz CT molecular complexity index is 691. The summed E-state index contributed by atoms with van der Waals surface area (Å²) in [7, 11) is 1.98. The van der Waals surface area contributed by atoms with Gasteiger partial charge in [0, 0.05) is 31.7 Å². The maximum atomic E-state index is 4.27. The Labute approximate surface area is 126 Å². The second kappa shape index (κ2) is 6.40. The lowest BCUT2D eigenvalue weighted by Crippen LogP contribution is -2.10. The van der Waals surface area contributed by atoms with E-state index in [1.807, 2.05) is 48.1 Å². The van der Waals surface area contributed by atoms with Gasteiger partial charge in [0.1, 0.15) is 0 Å². The fraction of sp³-hybridized carbons (Fsp3) is 0.231. The van der Waals surface area contributed by atoms with Gasteiger partial charge in [-0.15, -0.1) is 0 Å². The lowest BCUT2D eigenvalue weighted by molar-refractivity contribution is 0.788. The van der Waals surface area contributed by atoms with E-state index in [9.17, 15) is 0 Å².